The molecular formula is C13H18N2O. The summed E-state index contributed by atoms with van der Waals surface area (Å²) in [7, 11) is 0. The van der Waals surface area contributed by atoms with Crippen molar-refractivity contribution in [1.29, 1.82) is 0 Å². The lowest BCUT2D eigenvalue weighted by atomic mass is 10.1. The van der Waals surface area contributed by atoms with E-state index in [1.807, 2.05) is 18.7 Å². The summed E-state index contributed by atoms with van der Waals surface area (Å²) in [5.74, 6) is 0.511. The standard InChI is InChI=1S/C13H18N2O/c1-9-3-4-10(2)12(5-9)15-8-11(7-14)6-13(15)16/h3-5,11H,6-8,14H2,1-2H3. The van der Waals surface area contributed by atoms with Gasteiger partial charge >= 0.3 is 0 Å². The average molecular weight is 218 g/mol. The van der Waals surface area contributed by atoms with Crippen LogP contribution in [0.15, 0.2) is 18.2 Å². The molecule has 2 N–H and O–H groups in total. The minimum Gasteiger partial charge on any atom is -0.330 e. The SMILES string of the molecule is Cc1ccc(C)c(N2CC(CN)CC2=O)c1. The summed E-state index contributed by atoms with van der Waals surface area (Å²) >= 11 is 0. The topological polar surface area (TPSA) is 46.3 Å². The van der Waals surface area contributed by atoms with Gasteiger partial charge in [0, 0.05) is 18.7 Å². The highest BCUT2D eigenvalue weighted by Crippen LogP contribution is 2.28. The lowest BCUT2D eigenvalue weighted by molar-refractivity contribution is -0.117. The lowest BCUT2D eigenvalue weighted by Crippen LogP contribution is -2.26. The number of benzene rings is 1. The molecule has 2 rings (SSSR count). The first-order valence-electron chi connectivity index (χ1n) is 5.69. The van der Waals surface area contributed by atoms with Crippen molar-refractivity contribution in [1.82, 2.24) is 0 Å². The maximum absolute atomic E-state index is 11.9. The van der Waals surface area contributed by atoms with Crippen LogP contribution in [0.25, 0.3) is 0 Å². The summed E-state index contributed by atoms with van der Waals surface area (Å²) in [5, 5.41) is 0. The van der Waals surface area contributed by atoms with Crippen molar-refractivity contribution in [3.8, 4) is 0 Å². The molecule has 1 aliphatic heterocycles. The number of hydrogen-bond donors (Lipinski definition) is 1. The fourth-order valence-corrected chi connectivity index (χ4v) is 2.18. The van der Waals surface area contributed by atoms with E-state index in [1.165, 1.54) is 5.56 Å². The van der Waals surface area contributed by atoms with Gasteiger partial charge in [-0.15, -0.1) is 0 Å². The van der Waals surface area contributed by atoms with Crippen LogP contribution < -0.4 is 10.6 Å². The van der Waals surface area contributed by atoms with Crippen LogP contribution in [0.5, 0.6) is 0 Å². The molecule has 1 aliphatic rings. The van der Waals surface area contributed by atoms with Crippen molar-refractivity contribution in [2.45, 2.75) is 20.3 Å². The third-order valence-electron chi connectivity index (χ3n) is 3.19. The molecule has 0 spiro atoms. The molecule has 1 heterocycles. The van der Waals surface area contributed by atoms with Gasteiger partial charge in [-0.1, -0.05) is 12.1 Å². The van der Waals surface area contributed by atoms with E-state index in [9.17, 15) is 4.79 Å². The van der Waals surface area contributed by atoms with E-state index in [4.69, 9.17) is 5.73 Å². The number of carbonyl (C=O) groups excluding carboxylic acids is 1. The minimum atomic E-state index is 0.198. The second kappa shape index (κ2) is 4.26. The normalized spacial score (nSPS) is 20.6. The van der Waals surface area contributed by atoms with Gasteiger partial charge in [0.2, 0.25) is 5.91 Å². The van der Waals surface area contributed by atoms with Crippen LogP contribution in [-0.4, -0.2) is 19.0 Å². The van der Waals surface area contributed by atoms with Crippen molar-refractivity contribution in [2.75, 3.05) is 18.0 Å². The molecule has 0 radical (unpaired) electrons. The predicted molar refractivity (Wildman–Crippen MR) is 65.4 cm³/mol. The Morgan fingerprint density at radius 1 is 1.44 bits per heavy atom. The molecule has 3 heteroatoms. The summed E-state index contributed by atoms with van der Waals surface area (Å²) in [5.41, 5.74) is 9.00. The molecule has 1 atom stereocenters. The fraction of sp³-hybridized carbons (Fsp3) is 0.462. The van der Waals surface area contributed by atoms with Crippen LogP contribution in [-0.2, 0) is 4.79 Å². The number of aryl methyl sites for hydroxylation is 2. The molecule has 0 aromatic heterocycles. The zero-order valence-corrected chi connectivity index (χ0v) is 9.86. The Morgan fingerprint density at radius 2 is 2.19 bits per heavy atom. The van der Waals surface area contributed by atoms with Gasteiger partial charge < -0.3 is 10.6 Å². The van der Waals surface area contributed by atoms with Gasteiger partial charge in [0.1, 0.15) is 0 Å². The Balaban J connectivity index is 2.30. The highest BCUT2D eigenvalue weighted by Gasteiger charge is 2.30. The predicted octanol–water partition coefficient (Wildman–Crippen LogP) is 1.62. The summed E-state index contributed by atoms with van der Waals surface area (Å²) < 4.78 is 0. The first-order valence-corrected chi connectivity index (χ1v) is 5.69. The van der Waals surface area contributed by atoms with Crippen LogP contribution in [0, 0.1) is 19.8 Å². The summed E-state index contributed by atoms with van der Waals surface area (Å²) in [4.78, 5) is 13.8. The molecule has 1 unspecified atom stereocenters. The third-order valence-corrected chi connectivity index (χ3v) is 3.19. The number of hydrogen-bond acceptors (Lipinski definition) is 2. The molecule has 1 saturated heterocycles. The van der Waals surface area contributed by atoms with Gasteiger partial charge in [-0.3, -0.25) is 4.79 Å². The zero-order chi connectivity index (χ0) is 11.7. The molecule has 16 heavy (non-hydrogen) atoms. The van der Waals surface area contributed by atoms with Crippen LogP contribution in [0.1, 0.15) is 17.5 Å². The Morgan fingerprint density at radius 3 is 2.81 bits per heavy atom. The van der Waals surface area contributed by atoms with Crippen molar-refractivity contribution in [3.63, 3.8) is 0 Å². The highest BCUT2D eigenvalue weighted by atomic mass is 16.2. The van der Waals surface area contributed by atoms with Gasteiger partial charge in [-0.05, 0) is 43.5 Å². The second-order valence-electron chi connectivity index (χ2n) is 4.60. The Labute approximate surface area is 96.2 Å². The second-order valence-corrected chi connectivity index (χ2v) is 4.60. The molecule has 1 fully saturated rings. The number of anilines is 1. The smallest absolute Gasteiger partial charge is 0.227 e. The van der Waals surface area contributed by atoms with Crippen LogP contribution in [0.3, 0.4) is 0 Å². The van der Waals surface area contributed by atoms with E-state index < -0.39 is 0 Å². The number of nitrogens with zero attached hydrogens (tertiary/aromatic N) is 1. The Hall–Kier alpha value is -1.35. The highest BCUT2D eigenvalue weighted by molar-refractivity contribution is 5.96. The summed E-state index contributed by atoms with van der Waals surface area (Å²) in [6, 6.07) is 6.21. The van der Waals surface area contributed by atoms with E-state index in [0.717, 1.165) is 17.8 Å². The van der Waals surface area contributed by atoms with Gasteiger partial charge in [-0.25, -0.2) is 0 Å². The number of rotatable bonds is 2. The Bertz CT molecular complexity index is 414. The lowest BCUT2D eigenvalue weighted by Gasteiger charge is -2.19. The number of nitrogens with two attached hydrogens (primary N) is 1. The van der Waals surface area contributed by atoms with Gasteiger partial charge in [0.05, 0.1) is 0 Å². The summed E-state index contributed by atoms with van der Waals surface area (Å²) in [6.45, 7) is 5.44. The maximum Gasteiger partial charge on any atom is 0.227 e. The minimum absolute atomic E-state index is 0.198. The van der Waals surface area contributed by atoms with Gasteiger partial charge in [-0.2, -0.15) is 0 Å². The number of amides is 1. The van der Waals surface area contributed by atoms with E-state index >= 15 is 0 Å². The molecule has 1 aromatic carbocycles. The fourth-order valence-electron chi connectivity index (χ4n) is 2.18. The average Bonchev–Trinajstić information content (AvgIpc) is 2.63. The number of carbonyl (C=O) groups is 1. The van der Waals surface area contributed by atoms with E-state index in [0.29, 0.717) is 18.9 Å². The molecule has 86 valence electrons. The molecular weight excluding hydrogens is 200 g/mol. The molecule has 0 saturated carbocycles. The van der Waals surface area contributed by atoms with Crippen LogP contribution >= 0.6 is 0 Å². The van der Waals surface area contributed by atoms with E-state index in [-0.39, 0.29) is 5.91 Å². The first-order chi connectivity index (χ1) is 7.61. The maximum atomic E-state index is 11.9. The van der Waals surface area contributed by atoms with Crippen molar-refractivity contribution in [3.05, 3.63) is 29.3 Å². The van der Waals surface area contributed by atoms with Gasteiger partial charge in [0.25, 0.3) is 0 Å². The first kappa shape index (κ1) is 11.1. The third kappa shape index (κ3) is 1.95. The Kier molecular flexibility index (Phi) is 2.97. The summed E-state index contributed by atoms with van der Waals surface area (Å²) in [6.07, 6.45) is 0.587. The molecule has 3 nitrogen and oxygen atoms in total. The van der Waals surface area contributed by atoms with Crippen LogP contribution in [0.2, 0.25) is 0 Å². The molecule has 0 bridgehead atoms. The molecule has 0 aliphatic carbocycles. The monoisotopic (exact) mass is 218 g/mol. The van der Waals surface area contributed by atoms with E-state index in [2.05, 4.69) is 18.2 Å². The largest absolute Gasteiger partial charge is 0.330 e. The van der Waals surface area contributed by atoms with E-state index in [1.54, 1.807) is 0 Å². The molecule has 1 amide bonds. The van der Waals surface area contributed by atoms with Crippen molar-refractivity contribution >= 4 is 11.6 Å². The zero-order valence-electron chi connectivity index (χ0n) is 9.86. The molecule has 1 aromatic rings. The van der Waals surface area contributed by atoms with Crippen molar-refractivity contribution < 1.29 is 4.79 Å². The van der Waals surface area contributed by atoms with Gasteiger partial charge in [0.15, 0.2) is 0 Å². The quantitative estimate of drug-likeness (QED) is 0.819. The van der Waals surface area contributed by atoms with Crippen molar-refractivity contribution in [2.24, 2.45) is 11.7 Å². The van der Waals surface area contributed by atoms with Crippen LogP contribution in [0.4, 0.5) is 5.69 Å².